The number of nitrogens with one attached hydrogen (secondary N) is 1. The maximum Gasteiger partial charge on any atom is 0.152 e. The van der Waals surface area contributed by atoms with Gasteiger partial charge in [0.15, 0.2) is 5.84 Å². The van der Waals surface area contributed by atoms with E-state index in [0.29, 0.717) is 13.2 Å². The van der Waals surface area contributed by atoms with E-state index in [2.05, 4.69) is 44.7 Å². The summed E-state index contributed by atoms with van der Waals surface area (Å²) in [4.78, 5) is 8.98. The SMILES string of the molecule is COCCn1nc(C)c2cc(NC3=NCc4cccnc43)ccc21. The monoisotopic (exact) mass is 321 g/mol. The number of aryl methyl sites for hydroxylation is 1. The van der Waals surface area contributed by atoms with E-state index in [4.69, 9.17) is 4.74 Å². The molecule has 0 unspecified atom stereocenters. The minimum atomic E-state index is 0.648. The fourth-order valence-electron chi connectivity index (χ4n) is 3.02. The van der Waals surface area contributed by atoms with Crippen LogP contribution in [-0.4, -0.2) is 34.3 Å². The zero-order chi connectivity index (χ0) is 16.5. The summed E-state index contributed by atoms with van der Waals surface area (Å²) in [7, 11) is 1.70. The second-order valence-electron chi connectivity index (χ2n) is 5.83. The summed E-state index contributed by atoms with van der Waals surface area (Å²) in [5, 5.41) is 9.13. The standard InChI is InChI=1S/C18H19N5O/c1-12-15-10-14(5-6-16(15)23(22-12)8-9-24-2)21-18-17-13(11-20-18)4-3-7-19-17/h3-7,10H,8-9,11H2,1-2H3,(H,20,21). The number of anilines is 1. The Balaban J connectivity index is 1.63. The Morgan fingerprint density at radius 3 is 3.08 bits per heavy atom. The largest absolute Gasteiger partial charge is 0.383 e. The summed E-state index contributed by atoms with van der Waals surface area (Å²) in [5.41, 5.74) is 5.21. The lowest BCUT2D eigenvalue weighted by Gasteiger charge is -2.08. The molecular formula is C18H19N5O. The van der Waals surface area contributed by atoms with Gasteiger partial charge in [-0.05, 0) is 31.2 Å². The number of aliphatic imine (C=N–C) groups is 1. The van der Waals surface area contributed by atoms with Crippen LogP contribution in [0.3, 0.4) is 0 Å². The van der Waals surface area contributed by atoms with Crippen molar-refractivity contribution in [1.29, 1.82) is 0 Å². The molecule has 0 aliphatic carbocycles. The number of hydrogen-bond donors (Lipinski definition) is 1. The third kappa shape index (κ3) is 2.55. The summed E-state index contributed by atoms with van der Waals surface area (Å²) >= 11 is 0. The molecule has 6 heteroatoms. The van der Waals surface area contributed by atoms with Gasteiger partial charge in [-0.3, -0.25) is 14.7 Å². The van der Waals surface area contributed by atoms with Gasteiger partial charge in [-0.2, -0.15) is 5.10 Å². The van der Waals surface area contributed by atoms with Gasteiger partial charge in [-0.1, -0.05) is 6.07 Å². The summed E-state index contributed by atoms with van der Waals surface area (Å²) in [6.07, 6.45) is 1.80. The van der Waals surface area contributed by atoms with E-state index in [9.17, 15) is 0 Å². The van der Waals surface area contributed by atoms with Crippen molar-refractivity contribution in [3.63, 3.8) is 0 Å². The number of nitrogens with zero attached hydrogens (tertiary/aromatic N) is 4. The minimum absolute atomic E-state index is 0.648. The first-order valence-corrected chi connectivity index (χ1v) is 7.98. The molecule has 4 rings (SSSR count). The number of ether oxygens (including phenoxy) is 1. The highest BCUT2D eigenvalue weighted by atomic mass is 16.5. The van der Waals surface area contributed by atoms with Crippen molar-refractivity contribution in [3.8, 4) is 0 Å². The lowest BCUT2D eigenvalue weighted by molar-refractivity contribution is 0.185. The number of aromatic nitrogens is 3. The van der Waals surface area contributed by atoms with Gasteiger partial charge in [0.2, 0.25) is 0 Å². The van der Waals surface area contributed by atoms with Crippen molar-refractivity contribution in [2.75, 3.05) is 19.0 Å². The van der Waals surface area contributed by atoms with E-state index < -0.39 is 0 Å². The van der Waals surface area contributed by atoms with Crippen LogP contribution in [0.4, 0.5) is 5.69 Å². The predicted molar refractivity (Wildman–Crippen MR) is 94.4 cm³/mol. The maximum absolute atomic E-state index is 5.15. The third-order valence-corrected chi connectivity index (χ3v) is 4.23. The van der Waals surface area contributed by atoms with Gasteiger partial charge in [0.25, 0.3) is 0 Å². The number of benzene rings is 1. The Bertz CT molecular complexity index is 928. The minimum Gasteiger partial charge on any atom is -0.383 e. The van der Waals surface area contributed by atoms with Crippen molar-refractivity contribution >= 4 is 22.4 Å². The normalized spacial score (nSPS) is 13.2. The van der Waals surface area contributed by atoms with Crippen molar-refractivity contribution < 1.29 is 4.74 Å². The first kappa shape index (κ1) is 14.8. The molecule has 0 fully saturated rings. The van der Waals surface area contributed by atoms with Gasteiger partial charge in [0.1, 0.15) is 5.69 Å². The Morgan fingerprint density at radius 2 is 2.21 bits per heavy atom. The molecule has 3 heterocycles. The topological polar surface area (TPSA) is 64.3 Å². The number of amidine groups is 1. The number of methoxy groups -OCH3 is 1. The number of fused-ring (bicyclic) bond motifs is 2. The number of hydrogen-bond acceptors (Lipinski definition) is 5. The van der Waals surface area contributed by atoms with Crippen LogP contribution in [0, 0.1) is 6.92 Å². The molecule has 122 valence electrons. The lowest BCUT2D eigenvalue weighted by atomic mass is 10.2. The quantitative estimate of drug-likeness (QED) is 0.802. The molecule has 6 nitrogen and oxygen atoms in total. The number of pyridine rings is 1. The summed E-state index contributed by atoms with van der Waals surface area (Å²) < 4.78 is 7.14. The fraction of sp³-hybridized carbons (Fsp3) is 0.278. The molecule has 0 saturated carbocycles. The smallest absolute Gasteiger partial charge is 0.152 e. The zero-order valence-electron chi connectivity index (χ0n) is 13.8. The Morgan fingerprint density at radius 1 is 1.29 bits per heavy atom. The van der Waals surface area contributed by atoms with Crippen LogP contribution in [0.25, 0.3) is 10.9 Å². The highest BCUT2D eigenvalue weighted by molar-refractivity contribution is 6.09. The molecule has 0 amide bonds. The van der Waals surface area contributed by atoms with Gasteiger partial charge in [-0.15, -0.1) is 0 Å². The molecule has 1 aliphatic rings. The Labute approximate surface area is 140 Å². The molecule has 0 atom stereocenters. The van der Waals surface area contributed by atoms with Gasteiger partial charge < -0.3 is 10.1 Å². The second-order valence-corrected chi connectivity index (χ2v) is 5.83. The maximum atomic E-state index is 5.15. The van der Waals surface area contributed by atoms with Gasteiger partial charge >= 0.3 is 0 Å². The second kappa shape index (κ2) is 6.05. The van der Waals surface area contributed by atoms with E-state index in [1.165, 1.54) is 0 Å². The highest BCUT2D eigenvalue weighted by Gasteiger charge is 2.17. The zero-order valence-corrected chi connectivity index (χ0v) is 13.8. The first-order chi connectivity index (χ1) is 11.8. The molecular weight excluding hydrogens is 302 g/mol. The lowest BCUT2D eigenvalue weighted by Crippen LogP contribution is -2.13. The average Bonchev–Trinajstić information content (AvgIpc) is 3.15. The highest BCUT2D eigenvalue weighted by Crippen LogP contribution is 2.24. The van der Waals surface area contributed by atoms with E-state index in [1.54, 1.807) is 13.3 Å². The van der Waals surface area contributed by atoms with E-state index in [0.717, 1.165) is 45.9 Å². The molecule has 24 heavy (non-hydrogen) atoms. The molecule has 0 spiro atoms. The van der Waals surface area contributed by atoms with Crippen LogP contribution in [0.2, 0.25) is 0 Å². The molecule has 3 aromatic rings. The van der Waals surface area contributed by atoms with Crippen molar-refractivity contribution in [2.45, 2.75) is 20.0 Å². The van der Waals surface area contributed by atoms with Crippen LogP contribution in [0.5, 0.6) is 0 Å². The van der Waals surface area contributed by atoms with Crippen LogP contribution in [0.1, 0.15) is 17.0 Å². The van der Waals surface area contributed by atoms with Gasteiger partial charge in [0, 0.05) is 29.9 Å². The van der Waals surface area contributed by atoms with Crippen LogP contribution in [0.15, 0.2) is 41.5 Å². The van der Waals surface area contributed by atoms with E-state index in [-0.39, 0.29) is 0 Å². The average molecular weight is 321 g/mol. The first-order valence-electron chi connectivity index (χ1n) is 7.98. The van der Waals surface area contributed by atoms with Crippen molar-refractivity contribution in [1.82, 2.24) is 14.8 Å². The van der Waals surface area contributed by atoms with Crippen molar-refractivity contribution in [3.05, 3.63) is 53.5 Å². The van der Waals surface area contributed by atoms with Crippen LogP contribution in [-0.2, 0) is 17.8 Å². The molecule has 2 aromatic heterocycles. The summed E-state index contributed by atoms with van der Waals surface area (Å²) in [6.45, 7) is 4.11. The molecule has 0 bridgehead atoms. The third-order valence-electron chi connectivity index (χ3n) is 4.23. The Kier molecular flexibility index (Phi) is 3.74. The van der Waals surface area contributed by atoms with Crippen molar-refractivity contribution in [2.24, 2.45) is 4.99 Å². The molecule has 0 radical (unpaired) electrons. The van der Waals surface area contributed by atoms with Crippen LogP contribution < -0.4 is 5.32 Å². The van der Waals surface area contributed by atoms with Crippen LogP contribution >= 0.6 is 0 Å². The molecule has 0 saturated heterocycles. The summed E-state index contributed by atoms with van der Waals surface area (Å²) in [6, 6.07) is 10.3. The Hall–Kier alpha value is -2.73. The van der Waals surface area contributed by atoms with E-state index >= 15 is 0 Å². The van der Waals surface area contributed by atoms with Gasteiger partial charge in [-0.25, -0.2) is 0 Å². The predicted octanol–water partition coefficient (Wildman–Crippen LogP) is 2.76. The summed E-state index contributed by atoms with van der Waals surface area (Å²) in [5.74, 6) is 0.828. The molecule has 1 N–H and O–H groups in total. The fourth-order valence-corrected chi connectivity index (χ4v) is 3.02. The van der Waals surface area contributed by atoms with Gasteiger partial charge in [0.05, 0.1) is 30.9 Å². The molecule has 1 aliphatic heterocycles. The van der Waals surface area contributed by atoms with E-state index in [1.807, 2.05) is 17.7 Å². The molecule has 1 aromatic carbocycles. The number of rotatable bonds is 4.